The molecule has 0 aliphatic heterocycles. The molecule has 158 valence electrons. The fourth-order valence-corrected chi connectivity index (χ4v) is 3.78. The number of aromatic nitrogens is 2. The number of halogens is 4. The molecule has 0 aliphatic rings. The number of carbonyl (C=O) groups is 1. The van der Waals surface area contributed by atoms with Crippen molar-refractivity contribution in [3.05, 3.63) is 65.3 Å². The summed E-state index contributed by atoms with van der Waals surface area (Å²) < 4.78 is 69.7. The third-order valence-corrected chi connectivity index (χ3v) is 5.63. The molecule has 3 aromatic rings. The molecule has 0 unspecified atom stereocenters. The van der Waals surface area contributed by atoms with Gasteiger partial charge in [0.2, 0.25) is 9.84 Å². The molecule has 1 aromatic heterocycles. The van der Waals surface area contributed by atoms with Crippen molar-refractivity contribution in [3.63, 3.8) is 0 Å². The fourth-order valence-electron chi connectivity index (χ4n) is 2.59. The zero-order valence-corrected chi connectivity index (χ0v) is 16.9. The number of hydrogen-bond acceptors (Lipinski definition) is 5. The van der Waals surface area contributed by atoms with E-state index in [4.69, 9.17) is 11.6 Å². The van der Waals surface area contributed by atoms with Gasteiger partial charge in [-0.25, -0.2) is 13.1 Å². The number of esters is 1. The van der Waals surface area contributed by atoms with Crippen molar-refractivity contribution in [2.45, 2.75) is 18.0 Å². The quantitative estimate of drug-likeness (QED) is 0.526. The zero-order chi connectivity index (χ0) is 22.1. The van der Waals surface area contributed by atoms with E-state index in [1.54, 1.807) is 18.2 Å². The van der Waals surface area contributed by atoms with Crippen LogP contribution >= 0.6 is 11.6 Å². The van der Waals surface area contributed by atoms with Gasteiger partial charge in [-0.1, -0.05) is 29.8 Å². The molecule has 0 atom stereocenters. The van der Waals surface area contributed by atoms with Gasteiger partial charge < -0.3 is 4.74 Å². The Kier molecular flexibility index (Phi) is 5.91. The summed E-state index contributed by atoms with van der Waals surface area (Å²) >= 11 is 5.95. The van der Waals surface area contributed by atoms with Gasteiger partial charge in [-0.3, -0.25) is 4.79 Å². The molecule has 0 N–H and O–H groups in total. The molecule has 6 nitrogen and oxygen atoms in total. The Labute approximate surface area is 174 Å². The molecular weight excluding hydrogens is 445 g/mol. The van der Waals surface area contributed by atoms with Crippen LogP contribution in [0.15, 0.2) is 59.5 Å². The van der Waals surface area contributed by atoms with Crippen LogP contribution in [0.3, 0.4) is 0 Å². The normalized spacial score (nSPS) is 12.0. The third-order valence-electron chi connectivity index (χ3n) is 3.98. The predicted molar refractivity (Wildman–Crippen MR) is 103 cm³/mol. The van der Waals surface area contributed by atoms with E-state index < -0.39 is 33.6 Å². The standard InChI is InChI=1S/C19H14ClF3N2O4S/c1-12(26)29-11-30(27,28)16-7-5-13(6-8-16)17-10-18(19(21,22)23)24-25(17)15-4-2-3-14(20)9-15/h2-10H,11H2,1H3. The third kappa shape index (κ3) is 4.82. The first-order valence-corrected chi connectivity index (χ1v) is 10.4. The van der Waals surface area contributed by atoms with Crippen LogP contribution in [0.5, 0.6) is 0 Å². The molecule has 0 saturated carbocycles. The van der Waals surface area contributed by atoms with Crippen molar-refractivity contribution in [1.29, 1.82) is 0 Å². The van der Waals surface area contributed by atoms with E-state index in [1.807, 2.05) is 0 Å². The van der Waals surface area contributed by atoms with Gasteiger partial charge >= 0.3 is 12.1 Å². The molecule has 0 bridgehead atoms. The molecule has 0 spiro atoms. The van der Waals surface area contributed by atoms with Crippen molar-refractivity contribution in [3.8, 4) is 16.9 Å². The maximum atomic E-state index is 13.2. The Bertz CT molecular complexity index is 1190. The van der Waals surface area contributed by atoms with Gasteiger partial charge in [0.05, 0.1) is 16.3 Å². The predicted octanol–water partition coefficient (Wildman–Crippen LogP) is 4.51. The number of sulfone groups is 1. The van der Waals surface area contributed by atoms with Gasteiger partial charge in [0.25, 0.3) is 0 Å². The van der Waals surface area contributed by atoms with E-state index in [9.17, 15) is 26.4 Å². The van der Waals surface area contributed by atoms with E-state index in [-0.39, 0.29) is 10.6 Å². The summed E-state index contributed by atoms with van der Waals surface area (Å²) in [7, 11) is -3.90. The van der Waals surface area contributed by atoms with E-state index in [0.29, 0.717) is 16.3 Å². The number of alkyl halides is 3. The lowest BCUT2D eigenvalue weighted by atomic mass is 10.1. The summed E-state index contributed by atoms with van der Waals surface area (Å²) in [5, 5.41) is 3.96. The van der Waals surface area contributed by atoms with E-state index in [2.05, 4.69) is 9.84 Å². The fraction of sp³-hybridized carbons (Fsp3) is 0.158. The Morgan fingerprint density at radius 3 is 2.37 bits per heavy atom. The van der Waals surface area contributed by atoms with Crippen LogP contribution in [0.25, 0.3) is 16.9 Å². The molecule has 0 fully saturated rings. The number of ether oxygens (including phenoxy) is 1. The summed E-state index contributed by atoms with van der Waals surface area (Å²) in [5.41, 5.74) is -0.415. The largest absolute Gasteiger partial charge is 0.449 e. The second kappa shape index (κ2) is 8.11. The number of benzene rings is 2. The van der Waals surface area contributed by atoms with Crippen LogP contribution in [0.1, 0.15) is 12.6 Å². The lowest BCUT2D eigenvalue weighted by molar-refractivity contribution is -0.141. The lowest BCUT2D eigenvalue weighted by Gasteiger charge is -2.09. The molecule has 0 radical (unpaired) electrons. The highest BCUT2D eigenvalue weighted by Gasteiger charge is 2.35. The van der Waals surface area contributed by atoms with Crippen molar-refractivity contribution in [1.82, 2.24) is 9.78 Å². The molecule has 30 heavy (non-hydrogen) atoms. The molecule has 0 aliphatic carbocycles. The molecule has 11 heteroatoms. The van der Waals surface area contributed by atoms with Crippen LogP contribution in [-0.4, -0.2) is 30.1 Å². The average Bonchev–Trinajstić information content (AvgIpc) is 3.13. The number of hydrogen-bond donors (Lipinski definition) is 0. The SMILES string of the molecule is CC(=O)OCS(=O)(=O)c1ccc(-c2cc(C(F)(F)F)nn2-c2cccc(Cl)c2)cc1. The summed E-state index contributed by atoms with van der Waals surface area (Å²) in [6, 6.07) is 12.1. The Hall–Kier alpha value is -2.85. The van der Waals surface area contributed by atoms with Gasteiger partial charge in [-0.05, 0) is 36.4 Å². The molecular formula is C19H14ClF3N2O4S. The topological polar surface area (TPSA) is 78.3 Å². The second-order valence-corrected chi connectivity index (χ2v) is 8.57. The van der Waals surface area contributed by atoms with E-state index in [1.165, 1.54) is 30.3 Å². The minimum Gasteiger partial charge on any atom is -0.449 e. The smallest absolute Gasteiger partial charge is 0.435 e. The maximum absolute atomic E-state index is 13.2. The summed E-state index contributed by atoms with van der Waals surface area (Å²) in [4.78, 5) is 10.7. The minimum atomic E-state index is -4.67. The highest BCUT2D eigenvalue weighted by molar-refractivity contribution is 7.91. The Balaban J connectivity index is 2.05. The Morgan fingerprint density at radius 2 is 1.80 bits per heavy atom. The Morgan fingerprint density at radius 1 is 1.13 bits per heavy atom. The van der Waals surface area contributed by atoms with Crippen LogP contribution in [-0.2, 0) is 25.5 Å². The molecule has 1 heterocycles. The summed E-state index contributed by atoms with van der Waals surface area (Å²) in [6.45, 7) is 1.08. The molecule has 0 amide bonds. The van der Waals surface area contributed by atoms with Crippen molar-refractivity contribution in [2.75, 3.05) is 5.94 Å². The van der Waals surface area contributed by atoms with Crippen molar-refractivity contribution >= 4 is 27.4 Å². The lowest BCUT2D eigenvalue weighted by Crippen LogP contribution is -2.12. The van der Waals surface area contributed by atoms with Crippen LogP contribution in [0.4, 0.5) is 13.2 Å². The second-order valence-electron chi connectivity index (χ2n) is 6.20. The maximum Gasteiger partial charge on any atom is 0.435 e. The number of rotatable bonds is 5. The van der Waals surface area contributed by atoms with Crippen LogP contribution in [0.2, 0.25) is 5.02 Å². The molecule has 3 rings (SSSR count). The average molecular weight is 459 g/mol. The highest BCUT2D eigenvalue weighted by atomic mass is 35.5. The minimum absolute atomic E-state index is 0.0912. The van der Waals surface area contributed by atoms with Gasteiger partial charge in [0, 0.05) is 17.5 Å². The first-order valence-electron chi connectivity index (χ1n) is 8.37. The first-order chi connectivity index (χ1) is 14.0. The van der Waals surface area contributed by atoms with Crippen molar-refractivity contribution < 1.29 is 31.1 Å². The van der Waals surface area contributed by atoms with Gasteiger partial charge in [0.1, 0.15) is 0 Å². The van der Waals surface area contributed by atoms with Crippen molar-refractivity contribution in [2.24, 2.45) is 0 Å². The summed E-state index contributed by atoms with van der Waals surface area (Å²) in [5.74, 6) is -1.58. The van der Waals surface area contributed by atoms with Crippen LogP contribution < -0.4 is 0 Å². The molecule has 0 saturated heterocycles. The molecule has 2 aromatic carbocycles. The zero-order valence-electron chi connectivity index (χ0n) is 15.4. The number of carbonyl (C=O) groups excluding carboxylic acids is 1. The number of nitrogens with zero attached hydrogens (tertiary/aromatic N) is 2. The van der Waals surface area contributed by atoms with E-state index in [0.717, 1.165) is 17.7 Å². The van der Waals surface area contributed by atoms with Gasteiger partial charge in [-0.2, -0.15) is 18.3 Å². The summed E-state index contributed by atoms with van der Waals surface area (Å²) in [6.07, 6.45) is -4.67. The highest BCUT2D eigenvalue weighted by Crippen LogP contribution is 2.34. The van der Waals surface area contributed by atoms with Crippen LogP contribution in [0, 0.1) is 0 Å². The van der Waals surface area contributed by atoms with Gasteiger partial charge in [-0.15, -0.1) is 0 Å². The first kappa shape index (κ1) is 21.8. The monoisotopic (exact) mass is 458 g/mol. The van der Waals surface area contributed by atoms with E-state index >= 15 is 0 Å². The van der Waals surface area contributed by atoms with Gasteiger partial charge in [0.15, 0.2) is 11.6 Å².